The Hall–Kier alpha value is -1.91. The number of methoxy groups -OCH3 is 1. The minimum absolute atomic E-state index is 0.0398. The maximum absolute atomic E-state index is 10.8. The number of benzene rings is 1. The minimum atomic E-state index is -0.435. The molecule has 80 valence electrons. The van der Waals surface area contributed by atoms with Gasteiger partial charge >= 0.3 is 6.09 Å². The van der Waals surface area contributed by atoms with E-state index in [0.29, 0.717) is 12.3 Å². The van der Waals surface area contributed by atoms with Crippen LogP contribution in [-0.2, 0) is 4.74 Å². The molecule has 1 unspecified atom stereocenters. The van der Waals surface area contributed by atoms with Gasteiger partial charge in [-0.3, -0.25) is 0 Å². The van der Waals surface area contributed by atoms with Gasteiger partial charge in [0.15, 0.2) is 11.5 Å². The van der Waals surface area contributed by atoms with Gasteiger partial charge in [-0.1, -0.05) is 6.07 Å². The number of phenolic OH excluding ortho intramolecular Hbond substituents is 1. The van der Waals surface area contributed by atoms with Crippen molar-refractivity contribution in [2.75, 3.05) is 13.7 Å². The minimum Gasteiger partial charge on any atom is -0.504 e. The molecule has 1 atom stereocenters. The van der Waals surface area contributed by atoms with Gasteiger partial charge in [-0.15, -0.1) is 0 Å². The van der Waals surface area contributed by atoms with Crippen LogP contribution < -0.4 is 10.1 Å². The number of carbonyl (C=O) groups is 1. The molecule has 1 aliphatic rings. The van der Waals surface area contributed by atoms with Crippen LogP contribution in [-0.4, -0.2) is 24.9 Å². The summed E-state index contributed by atoms with van der Waals surface area (Å²) in [6.07, 6.45) is -0.774. The van der Waals surface area contributed by atoms with Crippen molar-refractivity contribution in [1.29, 1.82) is 0 Å². The number of hydrogen-bond acceptors (Lipinski definition) is 4. The predicted octanol–water partition coefficient (Wildman–Crippen LogP) is 1.18. The fourth-order valence-electron chi connectivity index (χ4n) is 1.48. The van der Waals surface area contributed by atoms with Gasteiger partial charge in [-0.05, 0) is 17.7 Å². The van der Waals surface area contributed by atoms with Crippen LogP contribution in [0.5, 0.6) is 11.5 Å². The van der Waals surface area contributed by atoms with Crippen LogP contribution in [0.4, 0.5) is 4.79 Å². The Labute approximate surface area is 86.6 Å². The summed E-state index contributed by atoms with van der Waals surface area (Å²) in [5, 5.41) is 12.1. The average molecular weight is 209 g/mol. The van der Waals surface area contributed by atoms with Crippen LogP contribution in [0.3, 0.4) is 0 Å². The van der Waals surface area contributed by atoms with Gasteiger partial charge in [-0.25, -0.2) is 4.79 Å². The molecule has 1 aromatic carbocycles. The zero-order valence-corrected chi connectivity index (χ0v) is 8.19. The molecule has 5 heteroatoms. The Morgan fingerprint density at radius 3 is 2.93 bits per heavy atom. The lowest BCUT2D eigenvalue weighted by Crippen LogP contribution is -2.12. The fourth-order valence-corrected chi connectivity index (χ4v) is 1.48. The van der Waals surface area contributed by atoms with Gasteiger partial charge in [0.25, 0.3) is 0 Å². The number of cyclic esters (lactones) is 1. The molecule has 1 fully saturated rings. The smallest absolute Gasteiger partial charge is 0.407 e. The zero-order chi connectivity index (χ0) is 10.8. The van der Waals surface area contributed by atoms with Crippen molar-refractivity contribution in [3.8, 4) is 11.5 Å². The van der Waals surface area contributed by atoms with E-state index in [1.165, 1.54) is 13.2 Å². The molecule has 0 aliphatic carbocycles. The van der Waals surface area contributed by atoms with Crippen LogP contribution in [0, 0.1) is 0 Å². The van der Waals surface area contributed by atoms with Gasteiger partial charge in [0, 0.05) is 0 Å². The van der Waals surface area contributed by atoms with Gasteiger partial charge in [-0.2, -0.15) is 0 Å². The summed E-state index contributed by atoms with van der Waals surface area (Å²) in [7, 11) is 1.48. The number of ether oxygens (including phenoxy) is 2. The molecule has 0 bridgehead atoms. The molecule has 1 aromatic rings. The first kappa shape index (κ1) is 9.64. The number of phenols is 1. The van der Waals surface area contributed by atoms with Crippen LogP contribution in [0.15, 0.2) is 18.2 Å². The van der Waals surface area contributed by atoms with Crippen LogP contribution in [0.25, 0.3) is 0 Å². The first-order valence-electron chi connectivity index (χ1n) is 4.52. The quantitative estimate of drug-likeness (QED) is 0.767. The maximum Gasteiger partial charge on any atom is 0.407 e. The van der Waals surface area contributed by atoms with Gasteiger partial charge in [0.1, 0.15) is 6.10 Å². The molecule has 0 radical (unpaired) electrons. The SMILES string of the molecule is COc1ccc(C2CNC(=O)O2)cc1O. The standard InChI is InChI=1S/C10H11NO4/c1-14-8-3-2-6(4-7(8)12)9-5-11-10(13)15-9/h2-4,9,12H,5H2,1H3,(H,11,13). The molecule has 5 nitrogen and oxygen atoms in total. The van der Waals surface area contributed by atoms with E-state index < -0.39 is 6.09 Å². The fraction of sp³-hybridized carbons (Fsp3) is 0.300. The van der Waals surface area contributed by atoms with Gasteiger partial charge < -0.3 is 19.9 Å². The van der Waals surface area contributed by atoms with Crippen molar-refractivity contribution in [3.05, 3.63) is 23.8 Å². The van der Waals surface area contributed by atoms with E-state index in [-0.39, 0.29) is 11.9 Å². The third-order valence-corrected chi connectivity index (χ3v) is 2.26. The Balaban J connectivity index is 2.22. The van der Waals surface area contributed by atoms with E-state index >= 15 is 0 Å². The van der Waals surface area contributed by atoms with Gasteiger partial charge in [0.05, 0.1) is 13.7 Å². The zero-order valence-electron chi connectivity index (χ0n) is 8.19. The highest BCUT2D eigenvalue weighted by Gasteiger charge is 2.24. The van der Waals surface area contributed by atoms with Crippen molar-refractivity contribution in [1.82, 2.24) is 5.32 Å². The highest BCUT2D eigenvalue weighted by atomic mass is 16.6. The summed E-state index contributed by atoms with van der Waals surface area (Å²) < 4.78 is 9.88. The van der Waals surface area contributed by atoms with Gasteiger partial charge in [0.2, 0.25) is 0 Å². The molecule has 2 rings (SSSR count). The van der Waals surface area contributed by atoms with Crippen molar-refractivity contribution >= 4 is 6.09 Å². The Morgan fingerprint density at radius 1 is 1.60 bits per heavy atom. The monoisotopic (exact) mass is 209 g/mol. The van der Waals surface area contributed by atoms with Crippen molar-refractivity contribution in [3.63, 3.8) is 0 Å². The summed E-state index contributed by atoms with van der Waals surface area (Å²) in [5.41, 5.74) is 0.742. The summed E-state index contributed by atoms with van der Waals surface area (Å²) in [4.78, 5) is 10.8. The van der Waals surface area contributed by atoms with E-state index in [4.69, 9.17) is 9.47 Å². The highest BCUT2D eigenvalue weighted by Crippen LogP contribution is 2.30. The van der Waals surface area contributed by atoms with Crippen LogP contribution in [0.2, 0.25) is 0 Å². The Kier molecular flexibility index (Phi) is 2.37. The largest absolute Gasteiger partial charge is 0.504 e. The summed E-state index contributed by atoms with van der Waals surface area (Å²) in [6, 6.07) is 4.92. The molecule has 0 saturated carbocycles. The summed E-state index contributed by atoms with van der Waals surface area (Å²) in [6.45, 7) is 0.421. The van der Waals surface area contributed by atoms with E-state index in [1.807, 2.05) is 0 Å². The molecular formula is C10H11NO4. The van der Waals surface area contributed by atoms with E-state index in [1.54, 1.807) is 12.1 Å². The second-order valence-corrected chi connectivity index (χ2v) is 3.21. The lowest BCUT2D eigenvalue weighted by molar-refractivity contribution is 0.141. The third kappa shape index (κ3) is 1.81. The molecule has 1 aliphatic heterocycles. The topological polar surface area (TPSA) is 67.8 Å². The summed E-state index contributed by atoms with van der Waals surface area (Å²) >= 11 is 0. The molecule has 1 amide bonds. The third-order valence-electron chi connectivity index (χ3n) is 2.26. The number of carbonyl (C=O) groups excluding carboxylic acids is 1. The Bertz CT molecular complexity index is 391. The number of hydrogen-bond donors (Lipinski definition) is 2. The second-order valence-electron chi connectivity index (χ2n) is 3.21. The lowest BCUT2D eigenvalue weighted by Gasteiger charge is -2.10. The Morgan fingerprint density at radius 2 is 2.40 bits per heavy atom. The van der Waals surface area contributed by atoms with Crippen molar-refractivity contribution in [2.45, 2.75) is 6.10 Å². The lowest BCUT2D eigenvalue weighted by atomic mass is 10.1. The molecular weight excluding hydrogens is 198 g/mol. The number of alkyl carbamates (subject to hydrolysis) is 1. The molecule has 15 heavy (non-hydrogen) atoms. The van der Waals surface area contributed by atoms with E-state index in [2.05, 4.69) is 5.32 Å². The van der Waals surface area contributed by atoms with Crippen LogP contribution in [0.1, 0.15) is 11.7 Å². The first-order chi connectivity index (χ1) is 7.20. The number of amides is 1. The predicted molar refractivity (Wildman–Crippen MR) is 51.9 cm³/mol. The van der Waals surface area contributed by atoms with E-state index in [9.17, 15) is 9.90 Å². The summed E-state index contributed by atoms with van der Waals surface area (Å²) in [5.74, 6) is 0.439. The van der Waals surface area contributed by atoms with Crippen molar-refractivity contribution in [2.24, 2.45) is 0 Å². The second kappa shape index (κ2) is 3.68. The normalized spacial score (nSPS) is 19.5. The van der Waals surface area contributed by atoms with Crippen molar-refractivity contribution < 1.29 is 19.4 Å². The van der Waals surface area contributed by atoms with Crippen LogP contribution >= 0.6 is 0 Å². The first-order valence-corrected chi connectivity index (χ1v) is 4.52. The van der Waals surface area contributed by atoms with E-state index in [0.717, 1.165) is 5.56 Å². The average Bonchev–Trinajstić information content (AvgIpc) is 2.65. The molecule has 2 N–H and O–H groups in total. The number of aromatic hydroxyl groups is 1. The number of nitrogens with one attached hydrogen (secondary N) is 1. The highest BCUT2D eigenvalue weighted by molar-refractivity contribution is 5.69. The molecule has 0 spiro atoms. The molecule has 1 saturated heterocycles. The maximum atomic E-state index is 10.8. The molecule has 0 aromatic heterocycles. The molecule has 1 heterocycles. The number of rotatable bonds is 2.